The minimum atomic E-state index is -0.546. The lowest BCUT2D eigenvalue weighted by atomic mass is 10.1. The average molecular weight is 286 g/mol. The molecule has 0 atom stereocenters. The predicted octanol–water partition coefficient (Wildman–Crippen LogP) is 1.42. The Hall–Kier alpha value is -2.89. The number of pyridine rings is 1. The first-order chi connectivity index (χ1) is 10.0. The van der Waals surface area contributed by atoms with E-state index in [1.165, 1.54) is 30.0 Å². The van der Waals surface area contributed by atoms with Crippen LogP contribution in [0, 0.1) is 0 Å². The number of amides is 1. The Bertz CT molecular complexity index is 749. The van der Waals surface area contributed by atoms with Gasteiger partial charge >= 0.3 is 5.97 Å². The highest BCUT2D eigenvalue weighted by Crippen LogP contribution is 2.16. The van der Waals surface area contributed by atoms with Crippen molar-refractivity contribution in [3.8, 4) is 0 Å². The Morgan fingerprint density at radius 3 is 2.57 bits per heavy atom. The highest BCUT2D eigenvalue weighted by Gasteiger charge is 2.14. The van der Waals surface area contributed by atoms with Gasteiger partial charge in [-0.3, -0.25) is 9.59 Å². The van der Waals surface area contributed by atoms with E-state index in [1.807, 2.05) is 0 Å². The van der Waals surface area contributed by atoms with E-state index in [1.54, 1.807) is 31.3 Å². The molecular formula is C15H14N2O4. The molecule has 2 aromatic rings. The van der Waals surface area contributed by atoms with Gasteiger partial charge in [-0.2, -0.15) is 0 Å². The van der Waals surface area contributed by atoms with E-state index in [2.05, 4.69) is 10.1 Å². The second kappa shape index (κ2) is 6.04. The quantitative estimate of drug-likeness (QED) is 0.866. The molecule has 1 heterocycles. The molecule has 0 fully saturated rings. The number of esters is 1. The maximum atomic E-state index is 12.1. The van der Waals surface area contributed by atoms with Gasteiger partial charge in [0.2, 0.25) is 0 Å². The molecule has 0 unspecified atom stereocenters. The van der Waals surface area contributed by atoms with Crippen molar-refractivity contribution in [3.05, 3.63) is 64.1 Å². The van der Waals surface area contributed by atoms with E-state index < -0.39 is 11.9 Å². The number of methoxy groups -OCH3 is 1. The van der Waals surface area contributed by atoms with Gasteiger partial charge < -0.3 is 14.6 Å². The van der Waals surface area contributed by atoms with Crippen LogP contribution < -0.4 is 10.9 Å². The summed E-state index contributed by atoms with van der Waals surface area (Å²) in [6.45, 7) is 0. The second-order valence-electron chi connectivity index (χ2n) is 4.36. The monoisotopic (exact) mass is 286 g/mol. The van der Waals surface area contributed by atoms with Gasteiger partial charge in [-0.15, -0.1) is 0 Å². The minimum Gasteiger partial charge on any atom is -0.465 e. The normalized spacial score (nSPS) is 10.0. The molecule has 1 N–H and O–H groups in total. The lowest BCUT2D eigenvalue weighted by molar-refractivity contribution is 0.0602. The summed E-state index contributed by atoms with van der Waals surface area (Å²) < 4.78 is 6.02. The number of nitrogens with one attached hydrogen (secondary N) is 1. The van der Waals surface area contributed by atoms with Gasteiger partial charge in [0, 0.05) is 24.9 Å². The van der Waals surface area contributed by atoms with Crippen molar-refractivity contribution >= 4 is 17.6 Å². The SMILES string of the molecule is COC(=O)c1ccccc1NC(=O)c1ccn(C)c(=O)c1. The molecule has 108 valence electrons. The molecule has 21 heavy (non-hydrogen) atoms. The number of hydrogen-bond acceptors (Lipinski definition) is 4. The summed E-state index contributed by atoms with van der Waals surface area (Å²) in [5.41, 5.74) is 0.508. The molecule has 1 amide bonds. The highest BCUT2D eigenvalue weighted by molar-refractivity contribution is 6.07. The standard InChI is InChI=1S/C15H14N2O4/c1-17-8-7-10(9-13(17)18)14(19)16-12-6-4-3-5-11(12)15(20)21-2/h3-9H,1-2H3,(H,16,19). The van der Waals surface area contributed by atoms with E-state index in [0.717, 1.165) is 0 Å². The summed E-state index contributed by atoms with van der Waals surface area (Å²) >= 11 is 0. The van der Waals surface area contributed by atoms with Gasteiger partial charge in [0.1, 0.15) is 0 Å². The molecule has 6 heteroatoms. The molecule has 0 spiro atoms. The number of nitrogens with zero attached hydrogens (tertiary/aromatic N) is 1. The lowest BCUT2D eigenvalue weighted by Gasteiger charge is -2.09. The average Bonchev–Trinajstić information content (AvgIpc) is 2.49. The molecule has 6 nitrogen and oxygen atoms in total. The largest absolute Gasteiger partial charge is 0.465 e. The molecule has 1 aromatic heterocycles. The Kier molecular flexibility index (Phi) is 4.18. The Labute approximate surface area is 121 Å². The van der Waals surface area contributed by atoms with Crippen LogP contribution in [-0.4, -0.2) is 23.6 Å². The number of aryl methyl sites for hydroxylation is 1. The number of rotatable bonds is 3. The molecular weight excluding hydrogens is 272 g/mol. The summed E-state index contributed by atoms with van der Waals surface area (Å²) in [7, 11) is 2.86. The Morgan fingerprint density at radius 2 is 1.90 bits per heavy atom. The van der Waals surface area contributed by atoms with Crippen molar-refractivity contribution in [1.29, 1.82) is 0 Å². The third-order valence-corrected chi connectivity index (χ3v) is 2.95. The van der Waals surface area contributed by atoms with E-state index in [-0.39, 0.29) is 16.7 Å². The summed E-state index contributed by atoms with van der Waals surface area (Å²) in [4.78, 5) is 35.3. The zero-order chi connectivity index (χ0) is 15.4. The molecule has 0 aliphatic heterocycles. The number of carbonyl (C=O) groups is 2. The van der Waals surface area contributed by atoms with Crippen LogP contribution in [0.3, 0.4) is 0 Å². The fourth-order valence-electron chi connectivity index (χ4n) is 1.76. The van der Waals surface area contributed by atoms with Crippen LogP contribution in [0.15, 0.2) is 47.4 Å². The number of hydrogen-bond donors (Lipinski definition) is 1. The number of para-hydroxylation sites is 1. The smallest absolute Gasteiger partial charge is 0.339 e. The third-order valence-electron chi connectivity index (χ3n) is 2.95. The lowest BCUT2D eigenvalue weighted by Crippen LogP contribution is -2.20. The van der Waals surface area contributed by atoms with Crippen molar-refractivity contribution in [2.24, 2.45) is 7.05 Å². The van der Waals surface area contributed by atoms with E-state index in [0.29, 0.717) is 5.69 Å². The van der Waals surface area contributed by atoms with Crippen molar-refractivity contribution in [2.75, 3.05) is 12.4 Å². The first kappa shape index (κ1) is 14.5. The maximum Gasteiger partial charge on any atom is 0.339 e. The van der Waals surface area contributed by atoms with Crippen molar-refractivity contribution in [1.82, 2.24) is 4.57 Å². The number of carbonyl (C=O) groups excluding carboxylic acids is 2. The van der Waals surface area contributed by atoms with Crippen LogP contribution in [-0.2, 0) is 11.8 Å². The van der Waals surface area contributed by atoms with E-state index >= 15 is 0 Å². The number of ether oxygens (including phenoxy) is 1. The predicted molar refractivity (Wildman–Crippen MR) is 77.4 cm³/mol. The van der Waals surface area contributed by atoms with Gasteiger partial charge in [0.15, 0.2) is 0 Å². The topological polar surface area (TPSA) is 77.4 Å². The van der Waals surface area contributed by atoms with Crippen molar-refractivity contribution in [2.45, 2.75) is 0 Å². The summed E-state index contributed by atoms with van der Waals surface area (Å²) in [5.74, 6) is -1.01. The van der Waals surface area contributed by atoms with Crippen LogP contribution in [0.2, 0.25) is 0 Å². The fraction of sp³-hybridized carbons (Fsp3) is 0.133. The third kappa shape index (κ3) is 3.17. The highest BCUT2D eigenvalue weighted by atomic mass is 16.5. The van der Waals surface area contributed by atoms with Crippen molar-refractivity contribution in [3.63, 3.8) is 0 Å². The van der Waals surface area contributed by atoms with E-state index in [9.17, 15) is 14.4 Å². The molecule has 0 saturated heterocycles. The molecule has 0 radical (unpaired) electrons. The van der Waals surface area contributed by atoms with Gasteiger partial charge in [0.25, 0.3) is 11.5 Å². The number of benzene rings is 1. The maximum absolute atomic E-state index is 12.1. The van der Waals surface area contributed by atoms with Crippen LogP contribution in [0.1, 0.15) is 20.7 Å². The first-order valence-electron chi connectivity index (χ1n) is 6.18. The fourth-order valence-corrected chi connectivity index (χ4v) is 1.76. The van der Waals surface area contributed by atoms with Gasteiger partial charge in [-0.05, 0) is 18.2 Å². The van der Waals surface area contributed by atoms with E-state index in [4.69, 9.17) is 0 Å². The van der Waals surface area contributed by atoms with Gasteiger partial charge in [-0.25, -0.2) is 4.79 Å². The zero-order valence-electron chi connectivity index (χ0n) is 11.6. The van der Waals surface area contributed by atoms with Crippen molar-refractivity contribution < 1.29 is 14.3 Å². The minimum absolute atomic E-state index is 0.220. The molecule has 0 aliphatic carbocycles. The summed E-state index contributed by atoms with van der Waals surface area (Å²) in [5, 5.41) is 2.60. The van der Waals surface area contributed by atoms with Gasteiger partial charge in [-0.1, -0.05) is 12.1 Å². The molecule has 0 saturated carbocycles. The molecule has 1 aromatic carbocycles. The second-order valence-corrected chi connectivity index (χ2v) is 4.36. The molecule has 2 rings (SSSR count). The first-order valence-corrected chi connectivity index (χ1v) is 6.18. The van der Waals surface area contributed by atoms with Crippen LogP contribution in [0.5, 0.6) is 0 Å². The Morgan fingerprint density at radius 1 is 1.19 bits per heavy atom. The van der Waals surface area contributed by atoms with Crippen LogP contribution in [0.4, 0.5) is 5.69 Å². The number of aromatic nitrogens is 1. The van der Waals surface area contributed by atoms with Crippen LogP contribution >= 0.6 is 0 Å². The van der Waals surface area contributed by atoms with Gasteiger partial charge in [0.05, 0.1) is 18.4 Å². The molecule has 0 aliphatic rings. The Balaban J connectivity index is 2.29. The van der Waals surface area contributed by atoms with Crippen LogP contribution in [0.25, 0.3) is 0 Å². The summed E-state index contributed by atoms with van der Waals surface area (Å²) in [6, 6.07) is 9.25. The zero-order valence-corrected chi connectivity index (χ0v) is 11.6. The summed E-state index contributed by atoms with van der Waals surface area (Å²) in [6.07, 6.45) is 1.50. The molecule has 0 bridgehead atoms. The number of anilines is 1.